The summed E-state index contributed by atoms with van der Waals surface area (Å²) in [6.45, 7) is 4.02. The maximum atomic E-state index is 12.3. The number of halogens is 1. The third kappa shape index (κ3) is 8.43. The van der Waals surface area contributed by atoms with Gasteiger partial charge in [-0.25, -0.2) is 4.98 Å². The van der Waals surface area contributed by atoms with E-state index in [4.69, 9.17) is 16.6 Å². The lowest BCUT2D eigenvalue weighted by Gasteiger charge is -2.13. The molecule has 0 aliphatic carbocycles. The number of aldehydes is 1. The largest absolute Gasteiger partial charge is 0.346 e. The summed E-state index contributed by atoms with van der Waals surface area (Å²) in [6, 6.07) is 22.9. The minimum Gasteiger partial charge on any atom is -0.346 e. The van der Waals surface area contributed by atoms with Crippen LogP contribution in [0.3, 0.4) is 0 Å². The quantitative estimate of drug-likeness (QED) is 0.151. The second kappa shape index (κ2) is 14.7. The van der Waals surface area contributed by atoms with Crippen molar-refractivity contribution in [2.75, 3.05) is 18.1 Å². The number of benzene rings is 3. The van der Waals surface area contributed by atoms with E-state index < -0.39 is 6.04 Å². The Morgan fingerprint density at radius 1 is 1.08 bits per heavy atom. The van der Waals surface area contributed by atoms with E-state index in [1.165, 1.54) is 18.8 Å². The number of aryl methyl sites for hydroxylation is 2. The number of thiazole rings is 1. The van der Waals surface area contributed by atoms with Crippen molar-refractivity contribution < 1.29 is 9.59 Å². The highest BCUT2D eigenvalue weighted by Crippen LogP contribution is 2.33. The number of amides is 1. The second-order valence-corrected chi connectivity index (χ2v) is 11.0. The van der Waals surface area contributed by atoms with Crippen molar-refractivity contribution in [1.82, 2.24) is 10.3 Å². The molecule has 38 heavy (non-hydrogen) atoms. The standard InChI is InChI=1S/C28H26ClN3O2S2.CH5N/c1-18-8-11-21(15-25(18)29)27-19(2)36-28(32-27)31-22-12-9-20(10-13-22)14-23(16-33)30-26(34)17-35-24-6-4-3-5-7-24;1-2/h3-13,15-16,23H,14,17H2,1-2H3,(H,30,34)(H,31,32);2H2,1H3. The summed E-state index contributed by atoms with van der Waals surface area (Å²) >= 11 is 9.32. The number of thioether (sulfide) groups is 1. The van der Waals surface area contributed by atoms with Gasteiger partial charge in [-0.3, -0.25) is 4.79 Å². The van der Waals surface area contributed by atoms with Gasteiger partial charge in [0.15, 0.2) is 5.13 Å². The number of nitrogens with one attached hydrogen (secondary N) is 2. The smallest absolute Gasteiger partial charge is 0.230 e. The second-order valence-electron chi connectivity index (χ2n) is 8.33. The van der Waals surface area contributed by atoms with Gasteiger partial charge in [-0.2, -0.15) is 0 Å². The summed E-state index contributed by atoms with van der Waals surface area (Å²) in [5.41, 5.74) is 9.29. The molecule has 4 rings (SSSR count). The molecule has 1 amide bonds. The fourth-order valence-corrected chi connectivity index (χ4v) is 5.37. The molecule has 0 fully saturated rings. The molecule has 1 aromatic heterocycles. The van der Waals surface area contributed by atoms with Crippen LogP contribution in [0.25, 0.3) is 11.3 Å². The number of nitrogens with zero attached hydrogens (tertiary/aromatic N) is 1. The highest BCUT2D eigenvalue weighted by Gasteiger charge is 2.14. The van der Waals surface area contributed by atoms with Crippen molar-refractivity contribution in [3.05, 3.63) is 93.8 Å². The van der Waals surface area contributed by atoms with Gasteiger partial charge < -0.3 is 21.2 Å². The zero-order chi connectivity index (χ0) is 27.5. The van der Waals surface area contributed by atoms with Crippen LogP contribution >= 0.6 is 34.7 Å². The SMILES string of the molecule is CN.Cc1ccc(-c2nc(Nc3ccc(CC(C=O)NC(=O)CSc4ccccc4)cc3)sc2C)cc1Cl. The maximum Gasteiger partial charge on any atom is 0.230 e. The van der Waals surface area contributed by atoms with Crippen LogP contribution < -0.4 is 16.4 Å². The molecule has 4 N–H and O–H groups in total. The molecule has 0 saturated heterocycles. The topological polar surface area (TPSA) is 97.1 Å². The van der Waals surface area contributed by atoms with Gasteiger partial charge >= 0.3 is 0 Å². The molecule has 4 aromatic rings. The number of carbonyl (C=O) groups excluding carboxylic acids is 2. The monoisotopic (exact) mass is 566 g/mol. The van der Waals surface area contributed by atoms with Gasteiger partial charge in [0.05, 0.1) is 17.5 Å². The van der Waals surface area contributed by atoms with Gasteiger partial charge in [-0.1, -0.05) is 54.1 Å². The van der Waals surface area contributed by atoms with Gasteiger partial charge in [0, 0.05) is 26.0 Å². The Morgan fingerprint density at radius 2 is 1.79 bits per heavy atom. The molecule has 0 aliphatic heterocycles. The molecule has 0 aliphatic rings. The lowest BCUT2D eigenvalue weighted by atomic mass is 10.1. The van der Waals surface area contributed by atoms with Crippen LogP contribution in [-0.2, 0) is 16.0 Å². The lowest BCUT2D eigenvalue weighted by Crippen LogP contribution is -2.38. The van der Waals surface area contributed by atoms with Crippen LogP contribution in [0.4, 0.5) is 10.8 Å². The van der Waals surface area contributed by atoms with E-state index in [1.54, 1.807) is 11.3 Å². The molecule has 9 heteroatoms. The Balaban J connectivity index is 0.00000195. The number of nitrogens with two attached hydrogens (primary N) is 1. The van der Waals surface area contributed by atoms with Crippen molar-refractivity contribution in [2.24, 2.45) is 5.73 Å². The fraction of sp³-hybridized carbons (Fsp3) is 0.207. The Hall–Kier alpha value is -3.17. The first-order valence-electron chi connectivity index (χ1n) is 12.0. The third-order valence-corrected chi connectivity index (χ3v) is 7.83. The van der Waals surface area contributed by atoms with Crippen molar-refractivity contribution >= 4 is 57.7 Å². The molecule has 0 saturated carbocycles. The average Bonchev–Trinajstić information content (AvgIpc) is 3.31. The van der Waals surface area contributed by atoms with Crippen LogP contribution in [0, 0.1) is 13.8 Å². The van der Waals surface area contributed by atoms with E-state index in [2.05, 4.69) is 16.4 Å². The van der Waals surface area contributed by atoms with E-state index in [9.17, 15) is 9.59 Å². The number of hydrogen-bond acceptors (Lipinski definition) is 7. The molecule has 3 aromatic carbocycles. The van der Waals surface area contributed by atoms with Crippen LogP contribution in [0.2, 0.25) is 5.02 Å². The Kier molecular flexibility index (Phi) is 11.4. The zero-order valence-corrected chi connectivity index (χ0v) is 23.9. The van der Waals surface area contributed by atoms with Crippen molar-refractivity contribution in [1.29, 1.82) is 0 Å². The van der Waals surface area contributed by atoms with Gasteiger partial charge in [0.25, 0.3) is 0 Å². The van der Waals surface area contributed by atoms with E-state index in [-0.39, 0.29) is 11.7 Å². The van der Waals surface area contributed by atoms with E-state index in [0.717, 1.165) is 54.3 Å². The molecule has 6 nitrogen and oxygen atoms in total. The molecular formula is C29H31ClN4O2S2. The summed E-state index contributed by atoms with van der Waals surface area (Å²) in [5, 5.41) is 7.68. The predicted molar refractivity (Wildman–Crippen MR) is 161 cm³/mol. The molecular weight excluding hydrogens is 536 g/mol. The number of hydrogen-bond donors (Lipinski definition) is 3. The summed E-state index contributed by atoms with van der Waals surface area (Å²) in [4.78, 5) is 30.7. The van der Waals surface area contributed by atoms with Gasteiger partial charge in [0.2, 0.25) is 5.91 Å². The average molecular weight is 567 g/mol. The number of anilines is 2. The first-order chi connectivity index (χ1) is 18.4. The van der Waals surface area contributed by atoms with E-state index in [0.29, 0.717) is 6.42 Å². The molecule has 0 spiro atoms. The first kappa shape index (κ1) is 29.4. The Morgan fingerprint density at radius 3 is 2.45 bits per heavy atom. The lowest BCUT2D eigenvalue weighted by molar-refractivity contribution is -0.121. The maximum absolute atomic E-state index is 12.3. The minimum atomic E-state index is -0.571. The van der Waals surface area contributed by atoms with E-state index >= 15 is 0 Å². The summed E-state index contributed by atoms with van der Waals surface area (Å²) in [7, 11) is 1.50. The summed E-state index contributed by atoms with van der Waals surface area (Å²) < 4.78 is 0. The number of rotatable bonds is 10. The summed E-state index contributed by atoms with van der Waals surface area (Å²) in [5.74, 6) is 0.102. The Bertz CT molecular complexity index is 1340. The minimum absolute atomic E-state index is 0.163. The number of carbonyl (C=O) groups is 2. The van der Waals surface area contributed by atoms with Crippen molar-refractivity contribution in [3.8, 4) is 11.3 Å². The normalized spacial score (nSPS) is 11.2. The zero-order valence-electron chi connectivity index (χ0n) is 21.5. The molecule has 0 bridgehead atoms. The van der Waals surface area contributed by atoms with Gasteiger partial charge in [-0.15, -0.1) is 23.1 Å². The fourth-order valence-electron chi connectivity index (χ4n) is 3.61. The first-order valence-corrected chi connectivity index (χ1v) is 14.2. The van der Waals surface area contributed by atoms with Crippen molar-refractivity contribution in [3.63, 3.8) is 0 Å². The number of aromatic nitrogens is 1. The van der Waals surface area contributed by atoms with Gasteiger partial charge in [-0.05, 0) is 68.8 Å². The van der Waals surface area contributed by atoms with Crippen LogP contribution in [-0.4, -0.2) is 36.0 Å². The molecule has 1 unspecified atom stereocenters. The van der Waals surface area contributed by atoms with Crippen LogP contribution in [0.15, 0.2) is 77.7 Å². The molecule has 1 atom stereocenters. The Labute approximate surface area is 237 Å². The molecule has 1 heterocycles. The van der Waals surface area contributed by atoms with E-state index in [1.807, 2.05) is 86.6 Å². The summed E-state index contributed by atoms with van der Waals surface area (Å²) in [6.07, 6.45) is 1.22. The highest BCUT2D eigenvalue weighted by atomic mass is 35.5. The molecule has 0 radical (unpaired) electrons. The molecule has 198 valence electrons. The van der Waals surface area contributed by atoms with Crippen LogP contribution in [0.1, 0.15) is 16.0 Å². The van der Waals surface area contributed by atoms with Crippen molar-refractivity contribution in [2.45, 2.75) is 31.2 Å². The third-order valence-electron chi connectivity index (χ3n) is 5.53. The highest BCUT2D eigenvalue weighted by molar-refractivity contribution is 8.00. The predicted octanol–water partition coefficient (Wildman–Crippen LogP) is 6.42. The van der Waals surface area contributed by atoms with Gasteiger partial charge in [0.1, 0.15) is 6.29 Å². The van der Waals surface area contributed by atoms with Crippen LogP contribution in [0.5, 0.6) is 0 Å².